The number of benzene rings is 1. The van der Waals surface area contributed by atoms with Gasteiger partial charge in [0.05, 0.1) is 4.90 Å². The maximum atomic E-state index is 13.3. The summed E-state index contributed by atoms with van der Waals surface area (Å²) in [5.41, 5.74) is 0. The van der Waals surface area contributed by atoms with Crippen LogP contribution in [-0.2, 0) is 14.8 Å². The molecule has 1 atom stereocenters. The Morgan fingerprint density at radius 2 is 2.05 bits per heavy atom. The molecule has 2 heterocycles. The maximum absolute atomic E-state index is 13.3. The van der Waals surface area contributed by atoms with Crippen molar-refractivity contribution in [2.75, 3.05) is 32.7 Å². The molecule has 22 heavy (non-hydrogen) atoms. The molecule has 1 unspecified atom stereocenters. The van der Waals surface area contributed by atoms with E-state index in [1.807, 2.05) is 4.90 Å². The fourth-order valence-corrected chi connectivity index (χ4v) is 4.47. The molecule has 3 rings (SSSR count). The molecule has 2 aliphatic heterocycles. The van der Waals surface area contributed by atoms with Gasteiger partial charge in [0.2, 0.25) is 15.9 Å². The second kappa shape index (κ2) is 5.94. The van der Waals surface area contributed by atoms with Gasteiger partial charge in [-0.05, 0) is 24.6 Å². The Morgan fingerprint density at radius 3 is 2.82 bits per heavy atom. The average Bonchev–Trinajstić information content (AvgIpc) is 2.71. The summed E-state index contributed by atoms with van der Waals surface area (Å²) < 4.78 is 40.0. The fraction of sp³-hybridized carbons (Fsp3) is 0.500. The first kappa shape index (κ1) is 15.4. The van der Waals surface area contributed by atoms with E-state index in [1.165, 1.54) is 22.5 Å². The molecule has 120 valence electrons. The van der Waals surface area contributed by atoms with E-state index in [0.717, 1.165) is 12.6 Å². The van der Waals surface area contributed by atoms with Crippen LogP contribution in [0.15, 0.2) is 29.2 Å². The van der Waals surface area contributed by atoms with Gasteiger partial charge in [0, 0.05) is 32.7 Å². The molecule has 2 fully saturated rings. The van der Waals surface area contributed by atoms with Crippen molar-refractivity contribution < 1.29 is 17.6 Å². The molecule has 2 aliphatic rings. The number of nitrogens with zero attached hydrogens (tertiary/aromatic N) is 2. The Balaban J connectivity index is 1.88. The van der Waals surface area contributed by atoms with Crippen molar-refractivity contribution in [2.24, 2.45) is 0 Å². The smallest absolute Gasteiger partial charge is 0.243 e. The summed E-state index contributed by atoms with van der Waals surface area (Å²) in [6, 6.07) is 4.50. The second-order valence-corrected chi connectivity index (χ2v) is 7.45. The molecule has 1 N–H and O–H groups in total. The second-order valence-electron chi connectivity index (χ2n) is 5.52. The van der Waals surface area contributed by atoms with E-state index in [-0.39, 0.29) is 17.3 Å². The van der Waals surface area contributed by atoms with Gasteiger partial charge >= 0.3 is 0 Å². The molecule has 1 amide bonds. The summed E-state index contributed by atoms with van der Waals surface area (Å²) >= 11 is 0. The van der Waals surface area contributed by atoms with Crippen molar-refractivity contribution in [3.05, 3.63) is 30.1 Å². The largest absolute Gasteiger partial charge is 0.353 e. The number of hydrogen-bond acceptors (Lipinski definition) is 4. The molecule has 0 aromatic heterocycles. The topological polar surface area (TPSA) is 69.7 Å². The minimum atomic E-state index is -3.80. The van der Waals surface area contributed by atoms with Crippen LogP contribution in [0.1, 0.15) is 6.42 Å². The molecule has 2 saturated heterocycles. The lowest BCUT2D eigenvalue weighted by Crippen LogP contribution is -2.58. The van der Waals surface area contributed by atoms with E-state index < -0.39 is 21.9 Å². The summed E-state index contributed by atoms with van der Waals surface area (Å²) in [5.74, 6) is -0.736. The summed E-state index contributed by atoms with van der Waals surface area (Å²) in [5, 5.41) is 2.77. The van der Waals surface area contributed by atoms with Crippen molar-refractivity contribution in [1.29, 1.82) is 0 Å². The Labute approximate surface area is 128 Å². The van der Waals surface area contributed by atoms with Crippen LogP contribution in [0.4, 0.5) is 4.39 Å². The third-order valence-corrected chi connectivity index (χ3v) is 5.97. The molecular weight excluding hydrogens is 309 g/mol. The van der Waals surface area contributed by atoms with Crippen molar-refractivity contribution in [3.8, 4) is 0 Å². The minimum Gasteiger partial charge on any atom is -0.353 e. The van der Waals surface area contributed by atoms with E-state index >= 15 is 0 Å². The first-order valence-corrected chi connectivity index (χ1v) is 8.70. The molecular formula is C14H18FN3O3S. The number of carbonyl (C=O) groups excluding carboxylic acids is 1. The Bertz CT molecular complexity index is 680. The predicted molar refractivity (Wildman–Crippen MR) is 78.1 cm³/mol. The first-order valence-electron chi connectivity index (χ1n) is 7.26. The van der Waals surface area contributed by atoms with Crippen LogP contribution in [0.2, 0.25) is 0 Å². The number of amides is 1. The van der Waals surface area contributed by atoms with Crippen molar-refractivity contribution >= 4 is 15.9 Å². The Hall–Kier alpha value is -1.51. The zero-order valence-corrected chi connectivity index (χ0v) is 12.9. The predicted octanol–water partition coefficient (Wildman–Crippen LogP) is 0.0205. The third-order valence-electron chi connectivity index (χ3n) is 4.10. The van der Waals surface area contributed by atoms with Gasteiger partial charge in [0.1, 0.15) is 11.9 Å². The highest BCUT2D eigenvalue weighted by atomic mass is 32.2. The summed E-state index contributed by atoms with van der Waals surface area (Å²) in [6.07, 6.45) is 0.651. The molecule has 0 aliphatic carbocycles. The number of piperazine rings is 1. The average molecular weight is 327 g/mol. The highest BCUT2D eigenvalue weighted by Gasteiger charge is 2.37. The number of halogens is 1. The van der Waals surface area contributed by atoms with E-state index in [1.54, 1.807) is 0 Å². The van der Waals surface area contributed by atoms with Crippen LogP contribution in [0.3, 0.4) is 0 Å². The molecule has 0 spiro atoms. The number of rotatable bonds is 2. The lowest BCUT2D eigenvalue weighted by Gasteiger charge is -2.34. The van der Waals surface area contributed by atoms with Crippen LogP contribution in [0.5, 0.6) is 0 Å². The van der Waals surface area contributed by atoms with Gasteiger partial charge in [-0.2, -0.15) is 4.31 Å². The Morgan fingerprint density at radius 1 is 1.23 bits per heavy atom. The van der Waals surface area contributed by atoms with E-state index in [9.17, 15) is 17.6 Å². The van der Waals surface area contributed by atoms with Crippen LogP contribution >= 0.6 is 0 Å². The zero-order valence-electron chi connectivity index (χ0n) is 12.0. The number of sulfonamides is 1. The van der Waals surface area contributed by atoms with Crippen LogP contribution in [0.25, 0.3) is 0 Å². The summed E-state index contributed by atoms with van der Waals surface area (Å²) in [4.78, 5) is 14.0. The van der Waals surface area contributed by atoms with Crippen molar-refractivity contribution in [3.63, 3.8) is 0 Å². The highest BCUT2D eigenvalue weighted by Crippen LogP contribution is 2.21. The standard InChI is InChI=1S/C14H18FN3O3S/c15-11-3-1-4-12(9-11)22(20,21)18-7-2-6-17-8-5-16-14(19)13(17)10-18/h1,3-4,9,13H,2,5-8,10H2,(H,16,19). The van der Waals surface area contributed by atoms with E-state index in [2.05, 4.69) is 5.32 Å². The zero-order chi connectivity index (χ0) is 15.7. The van der Waals surface area contributed by atoms with Gasteiger partial charge in [0.25, 0.3) is 0 Å². The lowest BCUT2D eigenvalue weighted by molar-refractivity contribution is -0.128. The molecule has 1 aromatic rings. The highest BCUT2D eigenvalue weighted by molar-refractivity contribution is 7.89. The molecule has 6 nitrogen and oxygen atoms in total. The van der Waals surface area contributed by atoms with Crippen LogP contribution in [0, 0.1) is 5.82 Å². The minimum absolute atomic E-state index is 0.0721. The monoisotopic (exact) mass is 327 g/mol. The fourth-order valence-electron chi connectivity index (χ4n) is 2.96. The molecule has 0 radical (unpaired) electrons. The number of carbonyl (C=O) groups is 1. The van der Waals surface area contributed by atoms with Gasteiger partial charge in [-0.25, -0.2) is 12.8 Å². The quantitative estimate of drug-likeness (QED) is 0.831. The number of hydrogen-bond donors (Lipinski definition) is 1. The van der Waals surface area contributed by atoms with Gasteiger partial charge in [-0.1, -0.05) is 6.07 Å². The van der Waals surface area contributed by atoms with Crippen LogP contribution < -0.4 is 5.32 Å². The summed E-state index contributed by atoms with van der Waals surface area (Å²) in [7, 11) is -3.80. The first-order chi connectivity index (χ1) is 10.5. The van der Waals surface area contributed by atoms with Gasteiger partial charge in [-0.3, -0.25) is 9.69 Å². The molecule has 1 aromatic carbocycles. The number of nitrogens with one attached hydrogen (secondary N) is 1. The number of fused-ring (bicyclic) bond motifs is 1. The third kappa shape index (κ3) is 2.86. The van der Waals surface area contributed by atoms with Gasteiger partial charge in [0.15, 0.2) is 0 Å². The summed E-state index contributed by atoms with van der Waals surface area (Å²) in [6.45, 7) is 2.44. The van der Waals surface area contributed by atoms with Crippen molar-refractivity contribution in [1.82, 2.24) is 14.5 Å². The van der Waals surface area contributed by atoms with E-state index in [0.29, 0.717) is 26.1 Å². The van der Waals surface area contributed by atoms with Gasteiger partial charge in [-0.15, -0.1) is 0 Å². The normalized spacial score (nSPS) is 24.4. The van der Waals surface area contributed by atoms with Gasteiger partial charge < -0.3 is 5.32 Å². The van der Waals surface area contributed by atoms with E-state index in [4.69, 9.17) is 0 Å². The maximum Gasteiger partial charge on any atom is 0.243 e. The Kier molecular flexibility index (Phi) is 4.16. The molecule has 0 saturated carbocycles. The lowest BCUT2D eigenvalue weighted by atomic mass is 10.2. The van der Waals surface area contributed by atoms with Crippen LogP contribution in [-0.4, -0.2) is 62.3 Å². The SMILES string of the molecule is O=C1NCCN2CCCN(S(=O)(=O)c3cccc(F)c3)CC12. The van der Waals surface area contributed by atoms with Crippen molar-refractivity contribution in [2.45, 2.75) is 17.4 Å². The molecule has 8 heteroatoms. The molecule has 0 bridgehead atoms.